The van der Waals surface area contributed by atoms with Crippen LogP contribution in [0.3, 0.4) is 0 Å². The summed E-state index contributed by atoms with van der Waals surface area (Å²) < 4.78 is 5.31. The average molecular weight is 246 g/mol. The van der Waals surface area contributed by atoms with Crippen LogP contribution in [0.5, 0.6) is 0 Å². The molecule has 3 rings (SSSR count). The van der Waals surface area contributed by atoms with Gasteiger partial charge in [-0.05, 0) is 18.7 Å². The molecule has 3 N–H and O–H groups in total. The largest absolute Gasteiger partial charge is 0.396 e. The number of aromatic nitrogens is 1. The van der Waals surface area contributed by atoms with Gasteiger partial charge in [-0.15, -0.1) is 0 Å². The maximum absolute atomic E-state index is 9.68. The van der Waals surface area contributed by atoms with Crippen LogP contribution in [0.4, 0.5) is 0 Å². The molecule has 96 valence electrons. The monoisotopic (exact) mass is 246 g/mol. The lowest BCUT2D eigenvalue weighted by atomic mass is 9.76. The minimum absolute atomic E-state index is 0.104. The summed E-state index contributed by atoms with van der Waals surface area (Å²) in [7, 11) is 1.93. The highest BCUT2D eigenvalue weighted by atomic mass is 16.5. The molecular formula is C14H18N2O2. The predicted molar refractivity (Wildman–Crippen MR) is 70.4 cm³/mol. The summed E-state index contributed by atoms with van der Waals surface area (Å²) in [5.74, 6) is 0. The van der Waals surface area contributed by atoms with E-state index in [0.29, 0.717) is 13.2 Å². The van der Waals surface area contributed by atoms with Crippen molar-refractivity contribution < 1.29 is 9.84 Å². The molecule has 1 aromatic carbocycles. The van der Waals surface area contributed by atoms with Gasteiger partial charge in [0.2, 0.25) is 0 Å². The van der Waals surface area contributed by atoms with Gasteiger partial charge < -0.3 is 20.1 Å². The van der Waals surface area contributed by atoms with Crippen molar-refractivity contribution in [3.63, 3.8) is 0 Å². The first-order valence-electron chi connectivity index (χ1n) is 6.22. The Labute approximate surface area is 106 Å². The maximum Gasteiger partial charge on any atom is 0.0597 e. The van der Waals surface area contributed by atoms with Crippen molar-refractivity contribution in [2.24, 2.45) is 5.41 Å². The second-order valence-corrected chi connectivity index (χ2v) is 5.02. The third-order valence-corrected chi connectivity index (χ3v) is 3.93. The molecule has 2 heterocycles. The minimum Gasteiger partial charge on any atom is -0.396 e. The van der Waals surface area contributed by atoms with Crippen LogP contribution in [0.2, 0.25) is 0 Å². The Morgan fingerprint density at radius 2 is 2.22 bits per heavy atom. The van der Waals surface area contributed by atoms with Crippen molar-refractivity contribution in [1.82, 2.24) is 10.3 Å². The topological polar surface area (TPSA) is 57.3 Å². The van der Waals surface area contributed by atoms with E-state index in [4.69, 9.17) is 4.74 Å². The molecule has 1 fully saturated rings. The summed E-state index contributed by atoms with van der Waals surface area (Å²) in [6, 6.07) is 8.33. The van der Waals surface area contributed by atoms with Crippen LogP contribution < -0.4 is 5.32 Å². The Morgan fingerprint density at radius 1 is 1.44 bits per heavy atom. The van der Waals surface area contributed by atoms with Crippen molar-refractivity contribution in [1.29, 1.82) is 0 Å². The van der Waals surface area contributed by atoms with Crippen molar-refractivity contribution in [2.75, 3.05) is 26.9 Å². The van der Waals surface area contributed by atoms with Gasteiger partial charge in [-0.3, -0.25) is 0 Å². The van der Waals surface area contributed by atoms with E-state index >= 15 is 0 Å². The molecule has 0 saturated carbocycles. The molecule has 1 aliphatic rings. The molecule has 1 unspecified atom stereocenters. The molecular weight excluding hydrogens is 228 g/mol. The van der Waals surface area contributed by atoms with E-state index < -0.39 is 0 Å². The van der Waals surface area contributed by atoms with Gasteiger partial charge in [0.05, 0.1) is 25.2 Å². The Kier molecular flexibility index (Phi) is 2.86. The molecule has 18 heavy (non-hydrogen) atoms. The van der Waals surface area contributed by atoms with E-state index in [-0.39, 0.29) is 18.1 Å². The number of H-pyrrole nitrogens is 1. The molecule has 1 aliphatic heterocycles. The zero-order valence-electron chi connectivity index (χ0n) is 10.4. The zero-order valence-corrected chi connectivity index (χ0v) is 10.4. The lowest BCUT2D eigenvalue weighted by Gasteiger charge is -2.45. The van der Waals surface area contributed by atoms with E-state index in [2.05, 4.69) is 22.4 Å². The van der Waals surface area contributed by atoms with Gasteiger partial charge in [0.25, 0.3) is 0 Å². The van der Waals surface area contributed by atoms with Crippen LogP contribution in [0, 0.1) is 5.41 Å². The summed E-state index contributed by atoms with van der Waals surface area (Å²) in [6.07, 6.45) is 2.03. The van der Waals surface area contributed by atoms with E-state index in [9.17, 15) is 5.11 Å². The molecule has 2 aromatic rings. The number of nitrogens with one attached hydrogen (secondary N) is 2. The number of fused-ring (bicyclic) bond motifs is 1. The van der Waals surface area contributed by atoms with Gasteiger partial charge in [-0.1, -0.05) is 18.2 Å². The van der Waals surface area contributed by atoms with Crippen LogP contribution in [0.1, 0.15) is 11.6 Å². The molecule has 4 nitrogen and oxygen atoms in total. The fourth-order valence-electron chi connectivity index (χ4n) is 2.84. The Hall–Kier alpha value is -1.36. The first-order chi connectivity index (χ1) is 8.80. The highest BCUT2D eigenvalue weighted by Gasteiger charge is 2.46. The smallest absolute Gasteiger partial charge is 0.0597 e. The number of aliphatic hydroxyl groups excluding tert-OH is 1. The minimum atomic E-state index is -0.195. The van der Waals surface area contributed by atoms with Crippen molar-refractivity contribution in [2.45, 2.75) is 6.04 Å². The highest BCUT2D eigenvalue weighted by Crippen LogP contribution is 2.42. The van der Waals surface area contributed by atoms with Crippen LogP contribution in [0.25, 0.3) is 10.9 Å². The fourth-order valence-corrected chi connectivity index (χ4v) is 2.84. The van der Waals surface area contributed by atoms with E-state index in [1.165, 1.54) is 10.9 Å². The standard InChI is InChI=1S/C14H18N2O2/c1-15-13(14(7-17)8-18-9-14)11-6-16-12-5-3-2-4-10(11)12/h2-6,13,15-17H,7-9H2,1H3. The number of benzene rings is 1. The molecule has 1 saturated heterocycles. The highest BCUT2D eigenvalue weighted by molar-refractivity contribution is 5.83. The third kappa shape index (κ3) is 1.57. The average Bonchev–Trinajstić information content (AvgIpc) is 2.77. The second-order valence-electron chi connectivity index (χ2n) is 5.02. The predicted octanol–water partition coefficient (Wildman–Crippen LogP) is 1.44. The molecule has 0 spiro atoms. The fraction of sp³-hybridized carbons (Fsp3) is 0.429. The number of hydrogen-bond acceptors (Lipinski definition) is 3. The third-order valence-electron chi connectivity index (χ3n) is 3.93. The van der Waals surface area contributed by atoms with E-state index in [1.54, 1.807) is 0 Å². The van der Waals surface area contributed by atoms with E-state index in [0.717, 1.165) is 5.52 Å². The Morgan fingerprint density at radius 3 is 2.83 bits per heavy atom. The summed E-state index contributed by atoms with van der Waals surface area (Å²) in [5, 5.41) is 14.2. The normalized spacial score (nSPS) is 19.7. The zero-order chi connectivity index (χ0) is 12.6. The van der Waals surface area contributed by atoms with Crippen molar-refractivity contribution >= 4 is 10.9 Å². The van der Waals surface area contributed by atoms with Crippen LogP contribution in [0.15, 0.2) is 30.5 Å². The van der Waals surface area contributed by atoms with Crippen LogP contribution in [-0.4, -0.2) is 37.0 Å². The molecule has 1 atom stereocenters. The summed E-state index contributed by atoms with van der Waals surface area (Å²) in [4.78, 5) is 3.28. The number of para-hydroxylation sites is 1. The molecule has 0 radical (unpaired) electrons. The summed E-state index contributed by atoms with van der Waals surface area (Å²) in [5.41, 5.74) is 2.13. The quantitative estimate of drug-likeness (QED) is 0.765. The number of rotatable bonds is 4. The first kappa shape index (κ1) is 11.7. The van der Waals surface area contributed by atoms with Crippen LogP contribution >= 0.6 is 0 Å². The second kappa shape index (κ2) is 4.39. The molecule has 4 heteroatoms. The number of aromatic amines is 1. The first-order valence-corrected chi connectivity index (χ1v) is 6.22. The molecule has 0 aliphatic carbocycles. The number of hydrogen-bond donors (Lipinski definition) is 3. The van der Waals surface area contributed by atoms with Gasteiger partial charge in [0.15, 0.2) is 0 Å². The van der Waals surface area contributed by atoms with Crippen molar-refractivity contribution in [3.8, 4) is 0 Å². The molecule has 0 amide bonds. The van der Waals surface area contributed by atoms with Gasteiger partial charge >= 0.3 is 0 Å². The Bertz CT molecular complexity index is 540. The molecule has 1 aromatic heterocycles. The van der Waals surface area contributed by atoms with Crippen molar-refractivity contribution in [3.05, 3.63) is 36.0 Å². The summed E-state index contributed by atoms with van der Waals surface area (Å²) >= 11 is 0. The van der Waals surface area contributed by atoms with Gasteiger partial charge in [-0.25, -0.2) is 0 Å². The van der Waals surface area contributed by atoms with Gasteiger partial charge in [-0.2, -0.15) is 0 Å². The molecule has 0 bridgehead atoms. The SMILES string of the molecule is CNC(c1c[nH]c2ccccc12)C1(CO)COC1. The van der Waals surface area contributed by atoms with E-state index in [1.807, 2.05) is 25.4 Å². The summed E-state index contributed by atoms with van der Waals surface area (Å²) in [6.45, 7) is 1.35. The number of ether oxygens (including phenoxy) is 1. The van der Waals surface area contributed by atoms with Gasteiger partial charge in [0, 0.05) is 23.1 Å². The lowest BCUT2D eigenvalue weighted by Crippen LogP contribution is -2.53. The van der Waals surface area contributed by atoms with Crippen LogP contribution in [-0.2, 0) is 4.74 Å². The Balaban J connectivity index is 2.06. The maximum atomic E-state index is 9.68. The lowest BCUT2D eigenvalue weighted by molar-refractivity contribution is -0.155. The van der Waals surface area contributed by atoms with Gasteiger partial charge in [0.1, 0.15) is 0 Å². The number of aliphatic hydroxyl groups is 1.